The highest BCUT2D eigenvalue weighted by Crippen LogP contribution is 2.20. The highest BCUT2D eigenvalue weighted by molar-refractivity contribution is 6.38. The SMILES string of the molecule is CCCCN(CC)C(=O)C(C)=N/C(C)=C(\C)c1ccc(C(=O)NC)cc1. The van der Waals surface area contributed by atoms with Crippen molar-refractivity contribution in [1.29, 1.82) is 0 Å². The second kappa shape index (κ2) is 10.5. The van der Waals surface area contributed by atoms with Gasteiger partial charge in [-0.25, -0.2) is 0 Å². The Morgan fingerprint density at radius 1 is 1.04 bits per heavy atom. The summed E-state index contributed by atoms with van der Waals surface area (Å²) >= 11 is 0. The van der Waals surface area contributed by atoms with E-state index in [9.17, 15) is 9.59 Å². The minimum atomic E-state index is -0.110. The molecule has 0 atom stereocenters. The van der Waals surface area contributed by atoms with E-state index in [4.69, 9.17) is 0 Å². The van der Waals surface area contributed by atoms with Crippen LogP contribution in [0.4, 0.5) is 0 Å². The van der Waals surface area contributed by atoms with Gasteiger partial charge in [0, 0.05) is 31.4 Å². The van der Waals surface area contributed by atoms with Crippen LogP contribution in [0.2, 0.25) is 0 Å². The van der Waals surface area contributed by atoms with Gasteiger partial charge in [-0.3, -0.25) is 14.6 Å². The Hall–Kier alpha value is -2.43. The Balaban J connectivity index is 3.00. The molecule has 1 N–H and O–H groups in total. The monoisotopic (exact) mass is 357 g/mol. The van der Waals surface area contributed by atoms with Crippen molar-refractivity contribution >= 4 is 23.1 Å². The van der Waals surface area contributed by atoms with Crippen LogP contribution in [0, 0.1) is 0 Å². The number of hydrogen-bond acceptors (Lipinski definition) is 3. The molecular weight excluding hydrogens is 326 g/mol. The highest BCUT2D eigenvalue weighted by Gasteiger charge is 2.14. The summed E-state index contributed by atoms with van der Waals surface area (Å²) in [5.41, 5.74) is 3.89. The molecule has 0 aromatic heterocycles. The lowest BCUT2D eigenvalue weighted by molar-refractivity contribution is -0.124. The van der Waals surface area contributed by atoms with Gasteiger partial charge in [-0.2, -0.15) is 0 Å². The first-order chi connectivity index (χ1) is 12.3. The zero-order chi connectivity index (χ0) is 19.7. The number of rotatable bonds is 8. The molecule has 26 heavy (non-hydrogen) atoms. The zero-order valence-electron chi connectivity index (χ0n) is 16.8. The average molecular weight is 357 g/mol. The smallest absolute Gasteiger partial charge is 0.267 e. The highest BCUT2D eigenvalue weighted by atomic mass is 16.2. The molecule has 0 radical (unpaired) electrons. The number of hydrogen-bond donors (Lipinski definition) is 1. The van der Waals surface area contributed by atoms with Crippen molar-refractivity contribution < 1.29 is 9.59 Å². The number of unbranched alkanes of at least 4 members (excludes halogenated alkanes) is 1. The molecule has 0 saturated carbocycles. The molecule has 1 aromatic rings. The first-order valence-corrected chi connectivity index (χ1v) is 9.20. The van der Waals surface area contributed by atoms with Crippen LogP contribution in [0.1, 0.15) is 63.4 Å². The molecule has 0 aliphatic carbocycles. The number of allylic oxidation sites excluding steroid dienone is 2. The van der Waals surface area contributed by atoms with Crippen molar-refractivity contribution in [2.24, 2.45) is 4.99 Å². The van der Waals surface area contributed by atoms with Crippen molar-refractivity contribution in [2.45, 2.75) is 47.5 Å². The van der Waals surface area contributed by atoms with E-state index in [1.807, 2.05) is 37.8 Å². The number of nitrogens with zero attached hydrogens (tertiary/aromatic N) is 2. The third-order valence-corrected chi connectivity index (χ3v) is 4.45. The summed E-state index contributed by atoms with van der Waals surface area (Å²) in [5, 5.41) is 2.61. The van der Waals surface area contributed by atoms with E-state index >= 15 is 0 Å². The van der Waals surface area contributed by atoms with Gasteiger partial charge in [0.25, 0.3) is 11.8 Å². The Morgan fingerprint density at radius 3 is 2.12 bits per heavy atom. The van der Waals surface area contributed by atoms with Gasteiger partial charge < -0.3 is 10.2 Å². The van der Waals surface area contributed by atoms with Gasteiger partial charge >= 0.3 is 0 Å². The van der Waals surface area contributed by atoms with E-state index in [0.29, 0.717) is 17.8 Å². The molecule has 0 fully saturated rings. The van der Waals surface area contributed by atoms with E-state index in [1.54, 1.807) is 26.1 Å². The van der Waals surface area contributed by atoms with Crippen LogP contribution in [-0.4, -0.2) is 42.6 Å². The predicted octanol–water partition coefficient (Wildman–Crippen LogP) is 3.91. The fraction of sp³-hybridized carbons (Fsp3) is 0.476. The van der Waals surface area contributed by atoms with Gasteiger partial charge in [-0.1, -0.05) is 25.5 Å². The standard InChI is InChI=1S/C21H31N3O2/c1-7-9-14-24(8-2)21(26)17(5)23-16(4)15(3)18-10-12-19(13-11-18)20(25)22-6/h10-13H,7-9,14H2,1-6H3,(H,22,25)/b16-15+,23-17?. The minimum Gasteiger partial charge on any atom is -0.355 e. The molecule has 5 heteroatoms. The van der Waals surface area contributed by atoms with Crippen LogP contribution in [0.5, 0.6) is 0 Å². The van der Waals surface area contributed by atoms with Crippen LogP contribution < -0.4 is 5.32 Å². The number of aliphatic imine (C=N–C) groups is 1. The maximum Gasteiger partial charge on any atom is 0.267 e. The van der Waals surface area contributed by atoms with Crippen LogP contribution in [0.3, 0.4) is 0 Å². The lowest BCUT2D eigenvalue weighted by Gasteiger charge is -2.20. The predicted molar refractivity (Wildman–Crippen MR) is 108 cm³/mol. The molecular formula is C21H31N3O2. The summed E-state index contributed by atoms with van der Waals surface area (Å²) < 4.78 is 0. The lowest BCUT2D eigenvalue weighted by atomic mass is 10.0. The topological polar surface area (TPSA) is 61.8 Å². The van der Waals surface area contributed by atoms with Crippen LogP contribution >= 0.6 is 0 Å². The molecule has 0 heterocycles. The molecule has 2 amide bonds. The van der Waals surface area contributed by atoms with Gasteiger partial charge in [-0.05, 0) is 57.4 Å². The second-order valence-corrected chi connectivity index (χ2v) is 6.30. The van der Waals surface area contributed by atoms with E-state index in [2.05, 4.69) is 17.2 Å². The summed E-state index contributed by atoms with van der Waals surface area (Å²) in [6, 6.07) is 7.37. The number of amides is 2. The van der Waals surface area contributed by atoms with Gasteiger partial charge in [-0.15, -0.1) is 0 Å². The third-order valence-electron chi connectivity index (χ3n) is 4.45. The Morgan fingerprint density at radius 2 is 1.62 bits per heavy atom. The summed E-state index contributed by atoms with van der Waals surface area (Å²) in [5.74, 6) is -0.121. The number of carbonyl (C=O) groups is 2. The van der Waals surface area contributed by atoms with Crippen molar-refractivity contribution in [3.63, 3.8) is 0 Å². The Bertz CT molecular complexity index is 688. The van der Waals surface area contributed by atoms with Gasteiger partial charge in [0.15, 0.2) is 0 Å². The molecule has 1 rings (SSSR count). The molecule has 0 aliphatic rings. The van der Waals surface area contributed by atoms with E-state index in [-0.39, 0.29) is 11.8 Å². The fourth-order valence-corrected chi connectivity index (χ4v) is 2.59. The maximum absolute atomic E-state index is 12.6. The van der Waals surface area contributed by atoms with Crippen LogP contribution in [0.25, 0.3) is 5.57 Å². The molecule has 1 aromatic carbocycles. The van der Waals surface area contributed by atoms with E-state index in [1.165, 1.54) is 0 Å². The van der Waals surface area contributed by atoms with E-state index < -0.39 is 0 Å². The van der Waals surface area contributed by atoms with E-state index in [0.717, 1.165) is 36.2 Å². The molecule has 0 bridgehead atoms. The molecule has 0 unspecified atom stereocenters. The van der Waals surface area contributed by atoms with Gasteiger partial charge in [0.05, 0.1) is 0 Å². The molecule has 0 aliphatic heterocycles. The average Bonchev–Trinajstić information content (AvgIpc) is 2.67. The third kappa shape index (κ3) is 5.83. The van der Waals surface area contributed by atoms with Crippen LogP contribution in [0.15, 0.2) is 35.0 Å². The first-order valence-electron chi connectivity index (χ1n) is 9.20. The van der Waals surface area contributed by atoms with Gasteiger partial charge in [0.2, 0.25) is 0 Å². The quantitative estimate of drug-likeness (QED) is 0.717. The number of carbonyl (C=O) groups excluding carboxylic acids is 2. The molecule has 0 spiro atoms. The summed E-state index contributed by atoms with van der Waals surface area (Å²) in [6.07, 6.45) is 2.06. The van der Waals surface area contributed by atoms with Crippen molar-refractivity contribution in [1.82, 2.24) is 10.2 Å². The van der Waals surface area contributed by atoms with Crippen LogP contribution in [-0.2, 0) is 4.79 Å². The van der Waals surface area contributed by atoms with Crippen molar-refractivity contribution in [3.05, 3.63) is 41.1 Å². The lowest BCUT2D eigenvalue weighted by Crippen LogP contribution is -2.36. The Labute approximate surface area is 157 Å². The molecule has 142 valence electrons. The largest absolute Gasteiger partial charge is 0.355 e. The first kappa shape index (κ1) is 21.6. The molecule has 0 saturated heterocycles. The summed E-state index contributed by atoms with van der Waals surface area (Å²) in [6.45, 7) is 11.2. The van der Waals surface area contributed by atoms with Crippen molar-refractivity contribution in [3.8, 4) is 0 Å². The van der Waals surface area contributed by atoms with Crippen molar-refractivity contribution in [2.75, 3.05) is 20.1 Å². The second-order valence-electron chi connectivity index (χ2n) is 6.30. The fourth-order valence-electron chi connectivity index (χ4n) is 2.59. The van der Waals surface area contributed by atoms with Gasteiger partial charge in [0.1, 0.15) is 5.71 Å². The zero-order valence-corrected chi connectivity index (χ0v) is 16.8. The summed E-state index contributed by atoms with van der Waals surface area (Å²) in [4.78, 5) is 30.6. The normalized spacial score (nSPS) is 12.5. The molecule has 5 nitrogen and oxygen atoms in total. The Kier molecular flexibility index (Phi) is 8.76. The minimum absolute atomic E-state index is 0.0111. The summed E-state index contributed by atoms with van der Waals surface area (Å²) in [7, 11) is 1.61. The maximum atomic E-state index is 12.6. The number of benzene rings is 1. The number of nitrogens with one attached hydrogen (secondary N) is 1.